The lowest BCUT2D eigenvalue weighted by Crippen LogP contribution is -2.38. The first kappa shape index (κ1) is 20.8. The Morgan fingerprint density at radius 2 is 1.97 bits per heavy atom. The number of pyridine rings is 1. The summed E-state index contributed by atoms with van der Waals surface area (Å²) in [4.78, 5) is 20.0. The number of amides is 1. The second kappa shape index (κ2) is 8.74. The van der Waals surface area contributed by atoms with Crippen LogP contribution in [0, 0.1) is 5.92 Å². The second-order valence-electron chi connectivity index (χ2n) is 8.67. The minimum absolute atomic E-state index is 0.0155. The number of carbonyl (C=O) groups excluding carboxylic acids is 1. The van der Waals surface area contributed by atoms with Gasteiger partial charge in [-0.1, -0.05) is 12.1 Å². The zero-order valence-corrected chi connectivity index (χ0v) is 18.0. The smallest absolute Gasteiger partial charge is 0.230 e. The maximum absolute atomic E-state index is 13.7. The maximum Gasteiger partial charge on any atom is 0.230 e. The Labute approximate surface area is 178 Å². The van der Waals surface area contributed by atoms with Crippen molar-refractivity contribution in [2.24, 2.45) is 5.92 Å². The van der Waals surface area contributed by atoms with Crippen LogP contribution in [-0.4, -0.2) is 28.2 Å². The lowest BCUT2D eigenvalue weighted by Gasteiger charge is -2.33. The van der Waals surface area contributed by atoms with Crippen molar-refractivity contribution in [1.29, 1.82) is 0 Å². The van der Waals surface area contributed by atoms with Gasteiger partial charge in [0.15, 0.2) is 0 Å². The summed E-state index contributed by atoms with van der Waals surface area (Å²) < 4.78 is 5.96. The van der Waals surface area contributed by atoms with E-state index in [1.807, 2.05) is 35.2 Å². The lowest BCUT2D eigenvalue weighted by molar-refractivity contribution is -0.124. The van der Waals surface area contributed by atoms with Crippen LogP contribution in [-0.2, 0) is 16.1 Å². The van der Waals surface area contributed by atoms with E-state index in [2.05, 4.69) is 24.1 Å². The van der Waals surface area contributed by atoms with Crippen molar-refractivity contribution in [3.8, 4) is 0 Å². The first-order chi connectivity index (χ1) is 14.4. The SMILES string of the molecule is CC(C)O[C@H]1CC[C@H](C(=O)N2Cc3cccnc3Nc3ccc(C(C)O)cc32)CC1. The van der Waals surface area contributed by atoms with Gasteiger partial charge in [0, 0.05) is 17.7 Å². The average molecular weight is 410 g/mol. The number of nitrogens with zero attached hydrogens (tertiary/aromatic N) is 2. The summed E-state index contributed by atoms with van der Waals surface area (Å²) in [6.45, 7) is 6.32. The number of fused-ring (bicyclic) bond motifs is 2. The summed E-state index contributed by atoms with van der Waals surface area (Å²) in [5, 5.41) is 13.5. The molecule has 1 amide bonds. The molecule has 0 spiro atoms. The molecule has 1 saturated carbocycles. The standard InChI is InChI=1S/C24H31N3O3/c1-15(2)30-20-9-6-17(7-10-20)24(29)27-14-19-5-4-12-25-23(19)26-21-11-8-18(16(3)28)13-22(21)27/h4-5,8,11-13,15-17,20,28H,6-7,9-10,14H2,1-3H3,(H,25,26)/t16?,17-,20-. The molecule has 2 aromatic rings. The van der Waals surface area contributed by atoms with Gasteiger partial charge in [-0.2, -0.15) is 0 Å². The number of benzene rings is 1. The van der Waals surface area contributed by atoms with E-state index in [1.165, 1.54) is 0 Å². The Hall–Kier alpha value is -2.44. The molecule has 1 aliphatic heterocycles. The highest BCUT2D eigenvalue weighted by Gasteiger charge is 2.33. The Morgan fingerprint density at radius 1 is 1.20 bits per heavy atom. The van der Waals surface area contributed by atoms with Gasteiger partial charge >= 0.3 is 0 Å². The van der Waals surface area contributed by atoms with Gasteiger partial charge in [-0.3, -0.25) is 4.79 Å². The van der Waals surface area contributed by atoms with Gasteiger partial charge in [-0.05, 0) is 70.2 Å². The first-order valence-electron chi connectivity index (χ1n) is 10.9. The molecule has 4 rings (SSSR count). The van der Waals surface area contributed by atoms with E-state index in [0.29, 0.717) is 6.54 Å². The molecule has 6 nitrogen and oxygen atoms in total. The predicted octanol–water partition coefficient (Wildman–Crippen LogP) is 4.71. The summed E-state index contributed by atoms with van der Waals surface area (Å²) in [7, 11) is 0. The molecule has 0 saturated heterocycles. The van der Waals surface area contributed by atoms with E-state index in [-0.39, 0.29) is 24.0 Å². The van der Waals surface area contributed by atoms with Crippen LogP contribution >= 0.6 is 0 Å². The summed E-state index contributed by atoms with van der Waals surface area (Å²) in [6.07, 6.45) is 5.13. The van der Waals surface area contributed by atoms with Crippen molar-refractivity contribution in [2.45, 2.75) is 71.3 Å². The molecule has 30 heavy (non-hydrogen) atoms. The van der Waals surface area contributed by atoms with Gasteiger partial charge in [-0.25, -0.2) is 4.98 Å². The number of aromatic nitrogens is 1. The highest BCUT2D eigenvalue weighted by Crippen LogP contribution is 2.39. The number of hydrogen-bond acceptors (Lipinski definition) is 5. The molecule has 2 aliphatic rings. The van der Waals surface area contributed by atoms with Crippen molar-refractivity contribution in [1.82, 2.24) is 4.98 Å². The topological polar surface area (TPSA) is 74.7 Å². The Kier molecular flexibility index (Phi) is 6.06. The number of ether oxygens (including phenoxy) is 1. The van der Waals surface area contributed by atoms with Crippen LogP contribution in [0.25, 0.3) is 0 Å². The number of anilines is 3. The lowest BCUT2D eigenvalue weighted by atomic mass is 9.86. The minimum atomic E-state index is -0.598. The average Bonchev–Trinajstić information content (AvgIpc) is 2.89. The zero-order valence-electron chi connectivity index (χ0n) is 18.0. The Balaban J connectivity index is 1.63. The Morgan fingerprint density at radius 3 is 2.67 bits per heavy atom. The van der Waals surface area contributed by atoms with Crippen LogP contribution in [0.15, 0.2) is 36.5 Å². The van der Waals surface area contributed by atoms with Crippen LogP contribution in [0.5, 0.6) is 0 Å². The number of rotatable bonds is 4. The van der Waals surface area contributed by atoms with E-state index in [4.69, 9.17) is 4.74 Å². The number of hydrogen-bond donors (Lipinski definition) is 2. The van der Waals surface area contributed by atoms with Crippen LogP contribution in [0.3, 0.4) is 0 Å². The fourth-order valence-electron chi connectivity index (χ4n) is 4.45. The third-order valence-electron chi connectivity index (χ3n) is 6.02. The van der Waals surface area contributed by atoms with Crippen molar-refractivity contribution in [2.75, 3.05) is 10.2 Å². The monoisotopic (exact) mass is 409 g/mol. The molecule has 2 heterocycles. The molecule has 1 aromatic heterocycles. The fraction of sp³-hybridized carbons (Fsp3) is 0.500. The van der Waals surface area contributed by atoms with E-state index in [1.54, 1.807) is 13.1 Å². The van der Waals surface area contributed by atoms with Crippen molar-refractivity contribution >= 4 is 23.1 Å². The number of carbonyl (C=O) groups is 1. The molecule has 0 radical (unpaired) electrons. The summed E-state index contributed by atoms with van der Waals surface area (Å²) in [5.41, 5.74) is 3.41. The summed E-state index contributed by atoms with van der Waals surface area (Å²) in [6, 6.07) is 9.64. The quantitative estimate of drug-likeness (QED) is 0.765. The summed E-state index contributed by atoms with van der Waals surface area (Å²) in [5.74, 6) is 0.895. The number of nitrogens with one attached hydrogen (secondary N) is 1. The zero-order chi connectivity index (χ0) is 21.3. The van der Waals surface area contributed by atoms with Crippen molar-refractivity contribution < 1.29 is 14.6 Å². The van der Waals surface area contributed by atoms with E-state index in [9.17, 15) is 9.90 Å². The normalized spacial score (nSPS) is 22.0. The molecule has 1 atom stereocenters. The van der Waals surface area contributed by atoms with E-state index >= 15 is 0 Å². The van der Waals surface area contributed by atoms with Gasteiger partial charge in [-0.15, -0.1) is 0 Å². The molecular weight excluding hydrogens is 378 g/mol. The predicted molar refractivity (Wildman–Crippen MR) is 118 cm³/mol. The van der Waals surface area contributed by atoms with E-state index in [0.717, 1.165) is 54.0 Å². The largest absolute Gasteiger partial charge is 0.389 e. The van der Waals surface area contributed by atoms with Crippen LogP contribution in [0.1, 0.15) is 63.7 Å². The van der Waals surface area contributed by atoms with Crippen LogP contribution in [0.4, 0.5) is 17.2 Å². The Bertz CT molecular complexity index is 904. The highest BCUT2D eigenvalue weighted by molar-refractivity contribution is 5.99. The fourth-order valence-corrected chi connectivity index (χ4v) is 4.45. The van der Waals surface area contributed by atoms with Gasteiger partial charge < -0.3 is 20.1 Å². The molecule has 1 aromatic carbocycles. The molecule has 1 unspecified atom stereocenters. The third kappa shape index (κ3) is 4.35. The molecule has 160 valence electrons. The minimum Gasteiger partial charge on any atom is -0.389 e. The van der Waals surface area contributed by atoms with Crippen molar-refractivity contribution in [3.63, 3.8) is 0 Å². The van der Waals surface area contributed by atoms with Gasteiger partial charge in [0.1, 0.15) is 5.82 Å². The third-order valence-corrected chi connectivity index (χ3v) is 6.02. The van der Waals surface area contributed by atoms with Crippen molar-refractivity contribution in [3.05, 3.63) is 47.7 Å². The van der Waals surface area contributed by atoms with Gasteiger partial charge in [0.05, 0.1) is 36.2 Å². The van der Waals surface area contributed by atoms with Gasteiger partial charge in [0.2, 0.25) is 5.91 Å². The van der Waals surface area contributed by atoms with Crippen LogP contribution < -0.4 is 10.2 Å². The first-order valence-corrected chi connectivity index (χ1v) is 10.9. The summed E-state index contributed by atoms with van der Waals surface area (Å²) >= 11 is 0. The molecule has 0 bridgehead atoms. The molecular formula is C24H31N3O3. The second-order valence-corrected chi connectivity index (χ2v) is 8.67. The van der Waals surface area contributed by atoms with Crippen LogP contribution in [0.2, 0.25) is 0 Å². The molecule has 1 aliphatic carbocycles. The molecule has 1 fully saturated rings. The number of aliphatic hydroxyl groups excluding tert-OH is 1. The van der Waals surface area contributed by atoms with E-state index < -0.39 is 6.10 Å². The molecule has 2 N–H and O–H groups in total. The maximum atomic E-state index is 13.7. The highest BCUT2D eigenvalue weighted by atomic mass is 16.5. The van der Waals surface area contributed by atoms with Gasteiger partial charge in [0.25, 0.3) is 0 Å². The number of aliphatic hydroxyl groups is 1. The molecule has 6 heteroatoms.